The molecule has 1 aliphatic rings. The van der Waals surface area contributed by atoms with Gasteiger partial charge in [0.15, 0.2) is 0 Å². The third-order valence-electron chi connectivity index (χ3n) is 1.67. The van der Waals surface area contributed by atoms with Crippen LogP contribution < -0.4 is 5.73 Å². The van der Waals surface area contributed by atoms with Gasteiger partial charge in [0, 0.05) is 0 Å². The van der Waals surface area contributed by atoms with E-state index < -0.39 is 0 Å². The van der Waals surface area contributed by atoms with E-state index in [9.17, 15) is 0 Å². The quantitative estimate of drug-likeness (QED) is 0.667. The molecule has 1 aromatic rings. The minimum atomic E-state index is -0.300. The number of nitrogens with zero attached hydrogens (tertiary/aromatic N) is 1. The number of ether oxygens (including phenoxy) is 2. The van der Waals surface area contributed by atoms with Crippen LogP contribution in [0, 0.1) is 0 Å². The third kappa shape index (κ3) is 1.39. The molecule has 1 aliphatic heterocycles. The lowest BCUT2D eigenvalue weighted by Crippen LogP contribution is -2.01. The molecule has 2 N–H and O–H groups in total. The first-order chi connectivity index (χ1) is 5.86. The Balaban J connectivity index is 2.17. The second-order valence-corrected chi connectivity index (χ2v) is 2.59. The van der Waals surface area contributed by atoms with Crippen molar-refractivity contribution >= 4 is 5.69 Å². The molecule has 12 heavy (non-hydrogen) atoms. The lowest BCUT2D eigenvalue weighted by Gasteiger charge is -2.07. The van der Waals surface area contributed by atoms with Crippen molar-refractivity contribution in [3.05, 3.63) is 24.0 Å². The lowest BCUT2D eigenvalue weighted by molar-refractivity contribution is -0.0472. The van der Waals surface area contributed by atoms with Gasteiger partial charge in [-0.1, -0.05) is 0 Å². The highest BCUT2D eigenvalue weighted by Gasteiger charge is 2.18. The number of hydrogen-bond acceptors (Lipinski definition) is 4. The van der Waals surface area contributed by atoms with Gasteiger partial charge in [0.25, 0.3) is 0 Å². The predicted molar refractivity (Wildman–Crippen MR) is 43.3 cm³/mol. The highest BCUT2D eigenvalue weighted by atomic mass is 16.7. The highest BCUT2D eigenvalue weighted by Crippen LogP contribution is 2.21. The lowest BCUT2D eigenvalue weighted by atomic mass is 10.3. The fourth-order valence-corrected chi connectivity index (χ4v) is 1.09. The third-order valence-corrected chi connectivity index (χ3v) is 1.67. The molecule has 0 aromatic carbocycles. The van der Waals surface area contributed by atoms with Crippen molar-refractivity contribution in [2.24, 2.45) is 0 Å². The van der Waals surface area contributed by atoms with Crippen LogP contribution in [0.2, 0.25) is 0 Å². The van der Waals surface area contributed by atoms with Gasteiger partial charge in [0.1, 0.15) is 0 Å². The zero-order valence-corrected chi connectivity index (χ0v) is 6.56. The van der Waals surface area contributed by atoms with Gasteiger partial charge in [-0.15, -0.1) is 0 Å². The summed E-state index contributed by atoms with van der Waals surface area (Å²) in [5.41, 5.74) is 6.91. The van der Waals surface area contributed by atoms with Crippen molar-refractivity contribution in [1.82, 2.24) is 4.98 Å². The van der Waals surface area contributed by atoms with Crippen LogP contribution in [-0.4, -0.2) is 18.2 Å². The first-order valence-corrected chi connectivity index (χ1v) is 3.81. The van der Waals surface area contributed by atoms with Gasteiger partial charge in [0.05, 0.1) is 30.8 Å². The average molecular weight is 166 g/mol. The van der Waals surface area contributed by atoms with Crippen molar-refractivity contribution in [1.29, 1.82) is 0 Å². The fraction of sp³-hybridized carbons (Fsp3) is 0.375. The zero-order valence-electron chi connectivity index (χ0n) is 6.56. The van der Waals surface area contributed by atoms with Gasteiger partial charge in [-0.2, -0.15) is 0 Å². The monoisotopic (exact) mass is 166 g/mol. The first-order valence-electron chi connectivity index (χ1n) is 3.81. The van der Waals surface area contributed by atoms with Gasteiger partial charge in [0.2, 0.25) is 6.29 Å². The van der Waals surface area contributed by atoms with Crippen molar-refractivity contribution < 1.29 is 9.47 Å². The van der Waals surface area contributed by atoms with Crippen LogP contribution in [0.1, 0.15) is 12.0 Å². The minimum Gasteiger partial charge on any atom is -0.397 e. The Kier molecular flexibility index (Phi) is 1.93. The summed E-state index contributed by atoms with van der Waals surface area (Å²) in [7, 11) is 0. The number of nitrogen functional groups attached to an aromatic ring is 1. The van der Waals surface area contributed by atoms with Gasteiger partial charge >= 0.3 is 0 Å². The molecule has 0 radical (unpaired) electrons. The van der Waals surface area contributed by atoms with Crippen LogP contribution in [-0.2, 0) is 9.47 Å². The summed E-state index contributed by atoms with van der Waals surface area (Å²) in [6.07, 6.45) is 1.30. The van der Waals surface area contributed by atoms with E-state index in [1.54, 1.807) is 12.3 Å². The Hall–Kier alpha value is -1.13. The maximum absolute atomic E-state index is 5.48. The Morgan fingerprint density at radius 3 is 2.67 bits per heavy atom. The normalized spacial score (nSPS) is 18.3. The molecule has 4 nitrogen and oxygen atoms in total. The SMILES string of the molecule is Nc1ccc(C2OCCO2)nc1. The van der Waals surface area contributed by atoms with Gasteiger partial charge in [-0.25, -0.2) is 0 Å². The number of pyridine rings is 1. The minimum absolute atomic E-state index is 0.300. The summed E-state index contributed by atoms with van der Waals surface area (Å²) in [5, 5.41) is 0. The Bertz CT molecular complexity index is 254. The van der Waals surface area contributed by atoms with Crippen LogP contribution in [0.15, 0.2) is 18.3 Å². The summed E-state index contributed by atoms with van der Waals surface area (Å²) in [4.78, 5) is 4.09. The van der Waals surface area contributed by atoms with E-state index in [0.29, 0.717) is 18.9 Å². The molecular weight excluding hydrogens is 156 g/mol. The van der Waals surface area contributed by atoms with Gasteiger partial charge < -0.3 is 15.2 Å². The molecule has 1 aromatic heterocycles. The van der Waals surface area contributed by atoms with Crippen molar-refractivity contribution in [3.63, 3.8) is 0 Å². The zero-order chi connectivity index (χ0) is 8.39. The molecule has 2 heterocycles. The molecular formula is C8H10N2O2. The number of rotatable bonds is 1. The maximum atomic E-state index is 5.48. The van der Waals surface area contributed by atoms with Crippen LogP contribution in [0.25, 0.3) is 0 Å². The van der Waals surface area contributed by atoms with E-state index in [4.69, 9.17) is 15.2 Å². The van der Waals surface area contributed by atoms with E-state index in [-0.39, 0.29) is 6.29 Å². The molecule has 0 saturated carbocycles. The molecule has 1 fully saturated rings. The molecule has 0 amide bonds. The van der Waals surface area contributed by atoms with E-state index in [1.165, 1.54) is 0 Å². The van der Waals surface area contributed by atoms with E-state index in [0.717, 1.165) is 5.69 Å². The van der Waals surface area contributed by atoms with Crippen LogP contribution in [0.4, 0.5) is 5.69 Å². The molecule has 0 spiro atoms. The van der Waals surface area contributed by atoms with Crippen LogP contribution in [0.5, 0.6) is 0 Å². The number of aromatic nitrogens is 1. The summed E-state index contributed by atoms with van der Waals surface area (Å²) in [6, 6.07) is 3.60. The summed E-state index contributed by atoms with van der Waals surface area (Å²) < 4.78 is 10.5. The molecule has 64 valence electrons. The Morgan fingerprint density at radius 1 is 1.33 bits per heavy atom. The predicted octanol–water partition coefficient (Wildman–Crippen LogP) is 0.709. The van der Waals surface area contributed by atoms with Gasteiger partial charge in [-0.3, -0.25) is 4.98 Å². The Labute approximate surface area is 70.3 Å². The van der Waals surface area contributed by atoms with Crippen molar-refractivity contribution in [2.45, 2.75) is 6.29 Å². The fourth-order valence-electron chi connectivity index (χ4n) is 1.09. The van der Waals surface area contributed by atoms with Crippen molar-refractivity contribution in [3.8, 4) is 0 Å². The van der Waals surface area contributed by atoms with Crippen LogP contribution in [0.3, 0.4) is 0 Å². The average Bonchev–Trinajstić information content (AvgIpc) is 2.58. The standard InChI is InChI=1S/C8H10N2O2/c9-6-1-2-7(10-5-6)8-11-3-4-12-8/h1-2,5,8H,3-4,9H2. The van der Waals surface area contributed by atoms with E-state index in [1.807, 2.05) is 6.07 Å². The molecule has 0 bridgehead atoms. The smallest absolute Gasteiger partial charge is 0.201 e. The number of anilines is 1. The number of nitrogens with two attached hydrogens (primary N) is 1. The molecule has 0 aliphatic carbocycles. The van der Waals surface area contributed by atoms with E-state index >= 15 is 0 Å². The highest BCUT2D eigenvalue weighted by molar-refractivity contribution is 5.34. The number of hydrogen-bond donors (Lipinski definition) is 1. The second-order valence-electron chi connectivity index (χ2n) is 2.59. The maximum Gasteiger partial charge on any atom is 0.201 e. The largest absolute Gasteiger partial charge is 0.397 e. The summed E-state index contributed by atoms with van der Waals surface area (Å²) in [5.74, 6) is 0. The second kappa shape index (κ2) is 3.08. The molecule has 0 unspecified atom stereocenters. The topological polar surface area (TPSA) is 57.4 Å². The first kappa shape index (κ1) is 7.52. The van der Waals surface area contributed by atoms with Gasteiger partial charge in [-0.05, 0) is 12.1 Å². The Morgan fingerprint density at radius 2 is 2.08 bits per heavy atom. The molecule has 0 atom stereocenters. The summed E-state index contributed by atoms with van der Waals surface area (Å²) >= 11 is 0. The molecule has 1 saturated heterocycles. The van der Waals surface area contributed by atoms with E-state index in [2.05, 4.69) is 4.98 Å². The molecule has 4 heteroatoms. The van der Waals surface area contributed by atoms with Crippen LogP contribution >= 0.6 is 0 Å². The summed E-state index contributed by atoms with van der Waals surface area (Å²) in [6.45, 7) is 1.27. The molecule has 2 rings (SSSR count). The van der Waals surface area contributed by atoms with Crippen molar-refractivity contribution in [2.75, 3.05) is 18.9 Å².